The third-order valence-electron chi connectivity index (χ3n) is 3.07. The number of aromatic nitrogens is 3. The zero-order valence-electron chi connectivity index (χ0n) is 11.2. The molecule has 1 heterocycles. The molecule has 0 saturated carbocycles. The Labute approximate surface area is 126 Å². The van der Waals surface area contributed by atoms with Crippen LogP contribution in [-0.4, -0.2) is 32.8 Å². The van der Waals surface area contributed by atoms with Crippen LogP contribution in [0, 0.1) is 0 Å². The van der Waals surface area contributed by atoms with Gasteiger partial charge in [0.2, 0.25) is 0 Å². The molecule has 0 aliphatic heterocycles. The first kappa shape index (κ1) is 13.9. The van der Waals surface area contributed by atoms with E-state index in [0.29, 0.717) is 17.3 Å². The highest BCUT2D eigenvalue weighted by atomic mass is 35.5. The number of nitrogens with zero attached hydrogens (tertiary/aromatic N) is 3. The number of fused-ring (bicyclic) bond motifs is 1. The Morgan fingerprint density at radius 2 is 1.90 bits per heavy atom. The third-order valence-corrected chi connectivity index (χ3v) is 3.38. The molecule has 3 aromatic rings. The van der Waals surface area contributed by atoms with Crippen LogP contribution in [0.3, 0.4) is 0 Å². The molecule has 108 valence electrons. The largest absolute Gasteiger partial charge is 0.489 e. The molecule has 2 aromatic carbocycles. The average Bonchev–Trinajstić information content (AvgIpc) is 2.90. The highest BCUT2D eigenvalue weighted by Crippen LogP contribution is 2.23. The molecule has 0 bridgehead atoms. The number of para-hydroxylation sites is 2. The lowest BCUT2D eigenvalue weighted by Gasteiger charge is -2.13. The third kappa shape index (κ3) is 3.15. The van der Waals surface area contributed by atoms with Gasteiger partial charge in [0.1, 0.15) is 24.0 Å². The van der Waals surface area contributed by atoms with Crippen molar-refractivity contribution in [3.63, 3.8) is 0 Å². The summed E-state index contributed by atoms with van der Waals surface area (Å²) in [4.78, 5) is 0. The van der Waals surface area contributed by atoms with Crippen molar-refractivity contribution >= 4 is 22.6 Å². The molecule has 0 unspecified atom stereocenters. The summed E-state index contributed by atoms with van der Waals surface area (Å²) in [6, 6.07) is 14.8. The lowest BCUT2D eigenvalue weighted by Crippen LogP contribution is -2.24. The van der Waals surface area contributed by atoms with E-state index in [9.17, 15) is 5.11 Å². The summed E-state index contributed by atoms with van der Waals surface area (Å²) >= 11 is 5.99. The van der Waals surface area contributed by atoms with Crippen LogP contribution in [0.5, 0.6) is 5.75 Å². The van der Waals surface area contributed by atoms with E-state index in [1.807, 2.05) is 36.4 Å². The van der Waals surface area contributed by atoms with Crippen LogP contribution in [-0.2, 0) is 6.54 Å². The molecule has 3 rings (SSSR count). The fraction of sp³-hybridized carbons (Fsp3) is 0.200. The maximum Gasteiger partial charge on any atom is 0.138 e. The molecule has 1 N–H and O–H groups in total. The van der Waals surface area contributed by atoms with Gasteiger partial charge in [-0.25, -0.2) is 4.68 Å². The van der Waals surface area contributed by atoms with E-state index in [2.05, 4.69) is 10.3 Å². The van der Waals surface area contributed by atoms with E-state index in [1.54, 1.807) is 16.8 Å². The number of halogens is 1. The highest BCUT2D eigenvalue weighted by molar-refractivity contribution is 6.32. The maximum absolute atomic E-state index is 10.1. The molecule has 1 aromatic heterocycles. The number of ether oxygens (including phenoxy) is 1. The first-order chi connectivity index (χ1) is 10.2. The van der Waals surface area contributed by atoms with Crippen molar-refractivity contribution in [2.24, 2.45) is 0 Å². The smallest absolute Gasteiger partial charge is 0.138 e. The monoisotopic (exact) mass is 303 g/mol. The second-order valence-electron chi connectivity index (χ2n) is 4.66. The van der Waals surface area contributed by atoms with E-state index in [0.717, 1.165) is 11.0 Å². The minimum absolute atomic E-state index is 0.137. The molecule has 0 spiro atoms. The molecule has 0 radical (unpaired) electrons. The zero-order chi connectivity index (χ0) is 14.7. The van der Waals surface area contributed by atoms with Gasteiger partial charge in [0.15, 0.2) is 0 Å². The number of rotatable bonds is 5. The molecule has 0 amide bonds. The molecule has 1 atom stereocenters. The predicted octanol–water partition coefficient (Wildman–Crippen LogP) is 2.52. The zero-order valence-corrected chi connectivity index (χ0v) is 11.9. The Kier molecular flexibility index (Phi) is 4.03. The van der Waals surface area contributed by atoms with Gasteiger partial charge < -0.3 is 9.84 Å². The van der Waals surface area contributed by atoms with Crippen LogP contribution in [0.15, 0.2) is 48.5 Å². The molecule has 6 heteroatoms. The number of benzene rings is 2. The number of aliphatic hydroxyl groups excluding tert-OH is 1. The van der Waals surface area contributed by atoms with Crippen molar-refractivity contribution in [1.82, 2.24) is 15.0 Å². The second kappa shape index (κ2) is 6.11. The fourth-order valence-corrected chi connectivity index (χ4v) is 2.24. The first-order valence-corrected chi connectivity index (χ1v) is 6.95. The van der Waals surface area contributed by atoms with Crippen LogP contribution in [0.4, 0.5) is 0 Å². The lowest BCUT2D eigenvalue weighted by atomic mass is 10.3. The molecule has 0 saturated heterocycles. The Bertz CT molecular complexity index is 744. The molecule has 21 heavy (non-hydrogen) atoms. The summed E-state index contributed by atoms with van der Waals surface area (Å²) < 4.78 is 7.18. The minimum Gasteiger partial charge on any atom is -0.489 e. The van der Waals surface area contributed by atoms with E-state index in [1.165, 1.54) is 0 Å². The minimum atomic E-state index is -0.702. The van der Waals surface area contributed by atoms with Crippen LogP contribution < -0.4 is 4.74 Å². The Morgan fingerprint density at radius 3 is 2.76 bits per heavy atom. The van der Waals surface area contributed by atoms with E-state index < -0.39 is 6.10 Å². The van der Waals surface area contributed by atoms with Gasteiger partial charge in [-0.05, 0) is 24.3 Å². The number of aliphatic hydroxyl groups is 1. The molecule has 5 nitrogen and oxygen atoms in total. The van der Waals surface area contributed by atoms with E-state index >= 15 is 0 Å². The van der Waals surface area contributed by atoms with Gasteiger partial charge in [-0.2, -0.15) is 0 Å². The summed E-state index contributed by atoms with van der Waals surface area (Å²) in [6.45, 7) is 0.447. The van der Waals surface area contributed by atoms with Gasteiger partial charge in [-0.15, -0.1) is 5.10 Å². The highest BCUT2D eigenvalue weighted by Gasteiger charge is 2.11. The quantitative estimate of drug-likeness (QED) is 0.787. The lowest BCUT2D eigenvalue weighted by molar-refractivity contribution is 0.0900. The van der Waals surface area contributed by atoms with Crippen molar-refractivity contribution in [3.8, 4) is 5.75 Å². The fourth-order valence-electron chi connectivity index (χ4n) is 2.05. The van der Waals surface area contributed by atoms with Gasteiger partial charge in [0.25, 0.3) is 0 Å². The molecule has 0 aliphatic carbocycles. The van der Waals surface area contributed by atoms with Gasteiger partial charge in [0, 0.05) is 0 Å². The maximum atomic E-state index is 10.1. The van der Waals surface area contributed by atoms with Crippen molar-refractivity contribution in [2.45, 2.75) is 12.6 Å². The second-order valence-corrected chi connectivity index (χ2v) is 5.06. The SMILES string of the molecule is O[C@@H](COc1ccccc1Cl)Cn1nnc2ccccc21. The summed E-state index contributed by atoms with van der Waals surface area (Å²) in [6.07, 6.45) is -0.702. The van der Waals surface area contributed by atoms with Crippen LogP contribution in [0.25, 0.3) is 11.0 Å². The van der Waals surface area contributed by atoms with Gasteiger partial charge in [0.05, 0.1) is 17.1 Å². The normalized spacial score (nSPS) is 12.5. The first-order valence-electron chi connectivity index (χ1n) is 6.57. The number of hydrogen-bond donors (Lipinski definition) is 1. The Morgan fingerprint density at radius 1 is 1.14 bits per heavy atom. The predicted molar refractivity (Wildman–Crippen MR) is 80.5 cm³/mol. The molecular weight excluding hydrogens is 290 g/mol. The van der Waals surface area contributed by atoms with E-state index in [4.69, 9.17) is 16.3 Å². The summed E-state index contributed by atoms with van der Waals surface area (Å²) in [7, 11) is 0. The Hall–Kier alpha value is -2.11. The van der Waals surface area contributed by atoms with Crippen LogP contribution in [0.1, 0.15) is 0 Å². The topological polar surface area (TPSA) is 60.2 Å². The van der Waals surface area contributed by atoms with E-state index in [-0.39, 0.29) is 6.61 Å². The van der Waals surface area contributed by atoms with Crippen LogP contribution >= 0.6 is 11.6 Å². The number of hydrogen-bond acceptors (Lipinski definition) is 4. The standard InChI is InChI=1S/C15H14ClN3O2/c16-12-5-1-4-8-15(12)21-10-11(20)9-19-14-7-3-2-6-13(14)17-18-19/h1-8,11,20H,9-10H2/t11-/m1/s1. The summed E-state index contributed by atoms with van der Waals surface area (Å²) in [5.41, 5.74) is 1.69. The van der Waals surface area contributed by atoms with Gasteiger partial charge >= 0.3 is 0 Å². The van der Waals surface area contributed by atoms with Crippen LogP contribution in [0.2, 0.25) is 5.02 Å². The summed E-state index contributed by atoms with van der Waals surface area (Å²) in [5.74, 6) is 0.557. The van der Waals surface area contributed by atoms with Crippen molar-refractivity contribution < 1.29 is 9.84 Å². The Balaban J connectivity index is 1.64. The molecular formula is C15H14ClN3O2. The summed E-state index contributed by atoms with van der Waals surface area (Å²) in [5, 5.41) is 18.7. The van der Waals surface area contributed by atoms with Crippen molar-refractivity contribution in [3.05, 3.63) is 53.6 Å². The van der Waals surface area contributed by atoms with Crippen molar-refractivity contribution in [1.29, 1.82) is 0 Å². The molecule has 0 fully saturated rings. The van der Waals surface area contributed by atoms with Gasteiger partial charge in [-0.3, -0.25) is 0 Å². The average molecular weight is 304 g/mol. The molecule has 0 aliphatic rings. The van der Waals surface area contributed by atoms with Gasteiger partial charge in [-0.1, -0.05) is 41.1 Å². The van der Waals surface area contributed by atoms with Crippen molar-refractivity contribution in [2.75, 3.05) is 6.61 Å².